The van der Waals surface area contributed by atoms with Gasteiger partial charge in [0.25, 0.3) is 5.91 Å². The molecule has 1 aromatic heterocycles. The van der Waals surface area contributed by atoms with Crippen LogP contribution in [0.1, 0.15) is 23.2 Å². The maximum absolute atomic E-state index is 12.3. The number of hydrogen-bond donors (Lipinski definition) is 2. The molecule has 2 aromatic rings. The zero-order valence-electron chi connectivity index (χ0n) is 15.4. The molecule has 2 N–H and O–H groups in total. The van der Waals surface area contributed by atoms with E-state index in [9.17, 15) is 4.79 Å². The smallest absolute Gasteiger partial charge is 0.251 e. The van der Waals surface area contributed by atoms with Crippen molar-refractivity contribution in [1.82, 2.24) is 10.3 Å². The first kappa shape index (κ1) is 19.0. The molecule has 144 valence electrons. The summed E-state index contributed by atoms with van der Waals surface area (Å²) in [6, 6.07) is 10.8. The van der Waals surface area contributed by atoms with E-state index in [1.807, 2.05) is 24.3 Å². The minimum Gasteiger partial charge on any atom is -0.497 e. The first-order valence-electron chi connectivity index (χ1n) is 9.11. The third-order valence-corrected chi connectivity index (χ3v) is 4.27. The highest BCUT2D eigenvalue weighted by Gasteiger charge is 2.15. The summed E-state index contributed by atoms with van der Waals surface area (Å²) in [6.45, 7) is 2.31. The zero-order valence-corrected chi connectivity index (χ0v) is 15.4. The summed E-state index contributed by atoms with van der Waals surface area (Å²) in [6.07, 6.45) is 4.00. The van der Waals surface area contributed by atoms with Crippen LogP contribution < -0.4 is 20.1 Å². The summed E-state index contributed by atoms with van der Waals surface area (Å²) < 4.78 is 16.3. The SMILES string of the molecule is COc1ccc(OCCNC(=O)c2ccnc(NCC3CCCO3)c2)cc1. The lowest BCUT2D eigenvalue weighted by Crippen LogP contribution is -2.28. The minimum absolute atomic E-state index is 0.157. The molecule has 0 aliphatic carbocycles. The van der Waals surface area contributed by atoms with E-state index in [4.69, 9.17) is 14.2 Å². The quantitative estimate of drug-likeness (QED) is 0.659. The number of methoxy groups -OCH3 is 1. The molecule has 0 saturated carbocycles. The van der Waals surface area contributed by atoms with Gasteiger partial charge >= 0.3 is 0 Å². The lowest BCUT2D eigenvalue weighted by atomic mass is 10.2. The molecule has 3 rings (SSSR count). The van der Waals surface area contributed by atoms with Crippen LogP contribution in [0.15, 0.2) is 42.6 Å². The fraction of sp³-hybridized carbons (Fsp3) is 0.400. The normalized spacial score (nSPS) is 16.0. The molecule has 1 atom stereocenters. The molecular weight excluding hydrogens is 346 g/mol. The van der Waals surface area contributed by atoms with Gasteiger partial charge in [0.1, 0.15) is 23.9 Å². The van der Waals surface area contributed by atoms with Crippen LogP contribution in [0.4, 0.5) is 5.82 Å². The third-order valence-electron chi connectivity index (χ3n) is 4.27. The fourth-order valence-electron chi connectivity index (χ4n) is 2.80. The Morgan fingerprint density at radius 3 is 2.81 bits per heavy atom. The monoisotopic (exact) mass is 371 g/mol. The first-order valence-corrected chi connectivity index (χ1v) is 9.11. The van der Waals surface area contributed by atoms with E-state index in [0.29, 0.717) is 31.1 Å². The van der Waals surface area contributed by atoms with E-state index in [1.165, 1.54) is 0 Å². The maximum Gasteiger partial charge on any atom is 0.251 e. The summed E-state index contributed by atoms with van der Waals surface area (Å²) in [5.74, 6) is 2.02. The van der Waals surface area contributed by atoms with Crippen molar-refractivity contribution in [1.29, 1.82) is 0 Å². The Morgan fingerprint density at radius 2 is 2.07 bits per heavy atom. The number of hydrogen-bond acceptors (Lipinski definition) is 6. The average molecular weight is 371 g/mol. The van der Waals surface area contributed by atoms with Crippen LogP contribution in [-0.4, -0.2) is 50.4 Å². The average Bonchev–Trinajstić information content (AvgIpc) is 3.24. The van der Waals surface area contributed by atoms with E-state index in [0.717, 1.165) is 30.9 Å². The highest BCUT2D eigenvalue weighted by atomic mass is 16.5. The van der Waals surface area contributed by atoms with Gasteiger partial charge in [-0.15, -0.1) is 0 Å². The van der Waals surface area contributed by atoms with Gasteiger partial charge < -0.3 is 24.8 Å². The highest BCUT2D eigenvalue weighted by Crippen LogP contribution is 2.17. The molecule has 1 aliphatic rings. The molecular formula is C20H25N3O4. The second-order valence-electron chi connectivity index (χ2n) is 6.23. The van der Waals surface area contributed by atoms with Crippen LogP contribution in [0.25, 0.3) is 0 Å². The van der Waals surface area contributed by atoms with Crippen LogP contribution in [0.5, 0.6) is 11.5 Å². The number of carbonyl (C=O) groups excluding carboxylic acids is 1. The molecule has 2 heterocycles. The molecule has 1 fully saturated rings. The molecule has 1 unspecified atom stereocenters. The molecule has 0 bridgehead atoms. The number of amides is 1. The summed E-state index contributed by atoms with van der Waals surface area (Å²) in [5, 5.41) is 6.08. The van der Waals surface area contributed by atoms with Gasteiger partial charge in [-0.1, -0.05) is 0 Å². The van der Waals surface area contributed by atoms with Crippen molar-refractivity contribution in [3.8, 4) is 11.5 Å². The number of carbonyl (C=O) groups is 1. The number of aromatic nitrogens is 1. The van der Waals surface area contributed by atoms with Crippen molar-refractivity contribution in [2.75, 3.05) is 38.7 Å². The van der Waals surface area contributed by atoms with Gasteiger partial charge in [-0.3, -0.25) is 4.79 Å². The Balaban J connectivity index is 1.41. The molecule has 1 amide bonds. The Kier molecular flexibility index (Phi) is 6.87. The van der Waals surface area contributed by atoms with Gasteiger partial charge in [0.2, 0.25) is 0 Å². The standard InChI is InChI=1S/C20H25N3O4/c1-25-16-4-6-17(7-5-16)27-12-10-22-20(24)15-8-9-21-19(13-15)23-14-18-3-2-11-26-18/h4-9,13,18H,2-3,10-12,14H2,1H3,(H,21,23)(H,22,24). The fourth-order valence-corrected chi connectivity index (χ4v) is 2.80. The van der Waals surface area contributed by atoms with E-state index in [1.54, 1.807) is 25.4 Å². The van der Waals surface area contributed by atoms with Crippen molar-refractivity contribution < 1.29 is 19.0 Å². The lowest BCUT2D eigenvalue weighted by Gasteiger charge is -2.12. The number of nitrogens with zero attached hydrogens (tertiary/aromatic N) is 1. The molecule has 7 nitrogen and oxygen atoms in total. The van der Waals surface area contributed by atoms with Crippen molar-refractivity contribution >= 4 is 11.7 Å². The maximum atomic E-state index is 12.3. The molecule has 1 aromatic carbocycles. The topological polar surface area (TPSA) is 81.7 Å². The van der Waals surface area contributed by atoms with Crippen LogP contribution in [0.3, 0.4) is 0 Å². The Morgan fingerprint density at radius 1 is 1.26 bits per heavy atom. The Hall–Kier alpha value is -2.80. The predicted molar refractivity (Wildman–Crippen MR) is 103 cm³/mol. The van der Waals surface area contributed by atoms with Gasteiger partial charge in [0.15, 0.2) is 0 Å². The van der Waals surface area contributed by atoms with Crippen molar-refractivity contribution in [2.45, 2.75) is 18.9 Å². The van der Waals surface area contributed by atoms with Crippen LogP contribution >= 0.6 is 0 Å². The van der Waals surface area contributed by atoms with E-state index >= 15 is 0 Å². The zero-order chi connectivity index (χ0) is 18.9. The molecule has 0 radical (unpaired) electrons. The van der Waals surface area contributed by atoms with Crippen molar-refractivity contribution in [3.63, 3.8) is 0 Å². The van der Waals surface area contributed by atoms with E-state index in [-0.39, 0.29) is 12.0 Å². The van der Waals surface area contributed by atoms with E-state index in [2.05, 4.69) is 15.6 Å². The second kappa shape index (κ2) is 9.78. The second-order valence-corrected chi connectivity index (χ2v) is 6.23. The van der Waals surface area contributed by atoms with Gasteiger partial charge in [-0.05, 0) is 49.2 Å². The third kappa shape index (κ3) is 5.86. The van der Waals surface area contributed by atoms with Gasteiger partial charge in [-0.2, -0.15) is 0 Å². The van der Waals surface area contributed by atoms with Crippen LogP contribution in [0, 0.1) is 0 Å². The minimum atomic E-state index is -0.157. The van der Waals surface area contributed by atoms with Crippen LogP contribution in [-0.2, 0) is 4.74 Å². The summed E-state index contributed by atoms with van der Waals surface area (Å²) >= 11 is 0. The van der Waals surface area contributed by atoms with E-state index < -0.39 is 0 Å². The van der Waals surface area contributed by atoms with Crippen molar-refractivity contribution in [2.24, 2.45) is 0 Å². The molecule has 1 saturated heterocycles. The van der Waals surface area contributed by atoms with Gasteiger partial charge in [0.05, 0.1) is 19.8 Å². The first-order chi connectivity index (χ1) is 13.2. The molecule has 27 heavy (non-hydrogen) atoms. The number of benzene rings is 1. The van der Waals surface area contributed by atoms with Crippen LogP contribution in [0.2, 0.25) is 0 Å². The largest absolute Gasteiger partial charge is 0.497 e. The van der Waals surface area contributed by atoms with Crippen molar-refractivity contribution in [3.05, 3.63) is 48.2 Å². The van der Waals surface area contributed by atoms with Gasteiger partial charge in [-0.25, -0.2) is 4.98 Å². The number of ether oxygens (including phenoxy) is 3. The highest BCUT2D eigenvalue weighted by molar-refractivity contribution is 5.94. The summed E-state index contributed by atoms with van der Waals surface area (Å²) in [5.41, 5.74) is 0.560. The summed E-state index contributed by atoms with van der Waals surface area (Å²) in [7, 11) is 1.62. The Bertz CT molecular complexity index is 730. The number of rotatable bonds is 9. The van der Waals surface area contributed by atoms with Gasteiger partial charge in [0, 0.05) is 24.9 Å². The molecule has 7 heteroatoms. The molecule has 1 aliphatic heterocycles. The predicted octanol–water partition coefficient (Wildman–Crippen LogP) is 2.49. The number of pyridine rings is 1. The summed E-state index contributed by atoms with van der Waals surface area (Å²) in [4.78, 5) is 16.5. The lowest BCUT2D eigenvalue weighted by molar-refractivity contribution is 0.0947. The molecule has 0 spiro atoms. The number of nitrogens with one attached hydrogen (secondary N) is 2. The number of anilines is 1. The Labute approximate surface area is 159 Å².